The number of pyridine rings is 2. The first-order valence-electron chi connectivity index (χ1n) is 21.4. The molecule has 7 nitrogen and oxygen atoms in total. The molecule has 2 heterocycles. The van der Waals surface area contributed by atoms with Crippen molar-refractivity contribution in [1.82, 2.24) is 0 Å². The van der Waals surface area contributed by atoms with Crippen LogP contribution in [0, 0.1) is 0 Å². The minimum absolute atomic E-state index is 0. The lowest BCUT2D eigenvalue weighted by Crippen LogP contribution is -3.00. The molecule has 332 valence electrons. The van der Waals surface area contributed by atoms with E-state index in [0.29, 0.717) is 0 Å². The van der Waals surface area contributed by atoms with Gasteiger partial charge >= 0.3 is 0 Å². The fourth-order valence-corrected chi connectivity index (χ4v) is 8.90. The largest absolute Gasteiger partial charge is 1.00 e. The van der Waals surface area contributed by atoms with Gasteiger partial charge < -0.3 is 58.0 Å². The number of para-hydroxylation sites is 3. The van der Waals surface area contributed by atoms with Crippen molar-refractivity contribution >= 4 is 55.0 Å². The highest BCUT2D eigenvalue weighted by Gasteiger charge is 2.30. The van der Waals surface area contributed by atoms with Crippen LogP contribution >= 0.6 is 0 Å². The zero-order chi connectivity index (χ0) is 44.3. The van der Waals surface area contributed by atoms with Crippen molar-refractivity contribution in [2.45, 2.75) is 0 Å². The third kappa shape index (κ3) is 8.64. The van der Waals surface area contributed by atoms with Crippen LogP contribution in [0.2, 0.25) is 0 Å². The Labute approximate surface area is 408 Å². The predicted molar refractivity (Wildman–Crippen MR) is 265 cm³/mol. The monoisotopic (exact) mass is 998 g/mol. The Morgan fingerprint density at radius 3 is 1.18 bits per heavy atom. The highest BCUT2D eigenvalue weighted by molar-refractivity contribution is 6.13. The second-order valence-corrected chi connectivity index (χ2v) is 16.1. The normalized spacial score (nSPS) is 10.7. The average Bonchev–Trinajstić information content (AvgIpc) is 3.35. The number of hydrogen-bond acceptors (Lipinski definition) is 5. The van der Waals surface area contributed by atoms with Crippen molar-refractivity contribution in [2.24, 2.45) is 0 Å². The van der Waals surface area contributed by atoms with Crippen LogP contribution in [0.15, 0.2) is 188 Å². The van der Waals surface area contributed by atoms with Crippen molar-refractivity contribution in [2.75, 3.05) is 59.3 Å². The first-order chi connectivity index (χ1) is 31.3. The summed E-state index contributed by atoms with van der Waals surface area (Å²) < 4.78 is 22.6. The van der Waals surface area contributed by atoms with E-state index in [4.69, 9.17) is 14.2 Å². The van der Waals surface area contributed by atoms with Gasteiger partial charge in [0.05, 0.1) is 42.9 Å². The van der Waals surface area contributed by atoms with E-state index in [1.54, 1.807) is 21.3 Å². The topological polar surface area (TPSA) is 41.9 Å². The first kappa shape index (κ1) is 47.0. The number of methoxy groups -OCH3 is 3. The maximum absolute atomic E-state index is 6.07. The van der Waals surface area contributed by atoms with Gasteiger partial charge in [-0.25, -0.2) is 0 Å². The van der Waals surface area contributed by atoms with Crippen LogP contribution in [-0.4, -0.2) is 49.5 Å². The number of nitrogens with zero attached hydrogens (tertiary/aromatic N) is 4. The van der Waals surface area contributed by atoms with Crippen LogP contribution in [0.5, 0.6) is 17.2 Å². The summed E-state index contributed by atoms with van der Waals surface area (Å²) >= 11 is 0. The molecule has 0 spiro atoms. The van der Waals surface area contributed by atoms with E-state index in [1.165, 1.54) is 22.0 Å². The fraction of sp³-hybridized carbons (Fsp3) is 0.123. The number of fused-ring (bicyclic) bond motifs is 4. The Morgan fingerprint density at radius 1 is 0.348 bits per heavy atom. The van der Waals surface area contributed by atoms with Crippen molar-refractivity contribution in [3.05, 3.63) is 188 Å². The summed E-state index contributed by atoms with van der Waals surface area (Å²) in [6.07, 6.45) is 0. The lowest BCUT2D eigenvalue weighted by atomic mass is 9.93. The SMILES string of the molecule is COc1cc(N(C)C)cc2c1c(-c1ccccc1)c1c(OC)cc(N(C)C)cc1[n+]2-c1ccccc1.COc1cccc2c1c(-c1ccccc1)c1ccccc1[n+]2-c1ccccc1.[Br-].[Br-]. The molecule has 0 saturated heterocycles. The third-order valence-electron chi connectivity index (χ3n) is 11.9. The third-order valence-corrected chi connectivity index (χ3v) is 11.9. The maximum Gasteiger partial charge on any atom is 0.225 e. The van der Waals surface area contributed by atoms with Gasteiger partial charge in [-0.1, -0.05) is 115 Å². The minimum atomic E-state index is 0. The van der Waals surface area contributed by atoms with E-state index in [2.05, 4.69) is 211 Å². The zero-order valence-corrected chi connectivity index (χ0v) is 41.3. The van der Waals surface area contributed by atoms with Crippen LogP contribution in [-0.2, 0) is 0 Å². The lowest BCUT2D eigenvalue weighted by molar-refractivity contribution is -0.538. The molecule has 0 saturated carbocycles. The van der Waals surface area contributed by atoms with E-state index < -0.39 is 0 Å². The van der Waals surface area contributed by atoms with Gasteiger partial charge in [0.2, 0.25) is 33.4 Å². The van der Waals surface area contributed by atoms with Gasteiger partial charge in [-0.15, -0.1) is 0 Å². The molecule has 0 aliphatic heterocycles. The number of anilines is 2. The molecule has 0 radical (unpaired) electrons. The number of rotatable bonds is 9. The van der Waals surface area contributed by atoms with Crippen molar-refractivity contribution in [3.63, 3.8) is 0 Å². The molecule has 0 N–H and O–H groups in total. The minimum Gasteiger partial charge on any atom is -1.00 e. The molecule has 2 aromatic heterocycles. The molecular weight excluding hydrogens is 948 g/mol. The highest BCUT2D eigenvalue weighted by atomic mass is 79.9. The van der Waals surface area contributed by atoms with Gasteiger partial charge in [-0.05, 0) is 23.3 Å². The number of benzene rings is 8. The number of hydrogen-bond donors (Lipinski definition) is 0. The summed E-state index contributed by atoms with van der Waals surface area (Å²) in [6.45, 7) is 0. The van der Waals surface area contributed by atoms with E-state index in [0.717, 1.165) is 83.8 Å². The molecule has 10 rings (SSSR count). The molecule has 10 aromatic rings. The number of halogens is 2. The van der Waals surface area contributed by atoms with Gasteiger partial charge in [0.15, 0.2) is 0 Å². The molecule has 66 heavy (non-hydrogen) atoms. The summed E-state index contributed by atoms with van der Waals surface area (Å²) in [4.78, 5) is 4.22. The van der Waals surface area contributed by atoms with Crippen LogP contribution < -0.4 is 67.1 Å². The Hall–Kier alpha value is -6.94. The van der Waals surface area contributed by atoms with Gasteiger partial charge in [0.25, 0.3) is 0 Å². The molecule has 0 fully saturated rings. The molecule has 0 atom stereocenters. The Kier molecular flexibility index (Phi) is 14.6. The van der Waals surface area contributed by atoms with E-state index in [-0.39, 0.29) is 34.0 Å². The Balaban J connectivity index is 0.000000196. The second-order valence-electron chi connectivity index (χ2n) is 16.1. The molecule has 0 aliphatic carbocycles. The molecule has 0 unspecified atom stereocenters. The van der Waals surface area contributed by atoms with Crippen LogP contribution in [0.3, 0.4) is 0 Å². The van der Waals surface area contributed by atoms with Gasteiger partial charge in [-0.3, -0.25) is 0 Å². The Bertz CT molecular complexity index is 3200. The standard InChI is InChI=1S/C31H32N3O2.C26H20NO.2BrH/c1-32(2)23-17-25-30(27(19-23)35-5)29(21-13-9-7-10-14-21)31-26(34(25)22-15-11-8-12-16-22)18-24(33(3)4)20-28(31)36-6;1-28-24-18-10-17-23-26(24)25(19-11-4-2-5-12-19)21-15-8-9-16-22(21)27(23)20-13-6-3-7-14-20;;/h7-20H,1-6H3;2-18H,1H3;2*1H/q2*+1;;/p-2. The molecular formula is C57H52Br2N4O3. The summed E-state index contributed by atoms with van der Waals surface area (Å²) in [5, 5.41) is 4.41. The molecule has 0 amide bonds. The number of ether oxygens (including phenoxy) is 3. The Morgan fingerprint density at radius 2 is 0.727 bits per heavy atom. The van der Waals surface area contributed by atoms with Crippen molar-refractivity contribution in [3.8, 4) is 50.9 Å². The second kappa shape index (κ2) is 20.5. The lowest BCUT2D eigenvalue weighted by Gasteiger charge is -2.21. The van der Waals surface area contributed by atoms with Gasteiger partial charge in [-0.2, -0.15) is 9.13 Å². The van der Waals surface area contributed by atoms with Crippen LogP contribution in [0.1, 0.15) is 0 Å². The molecule has 0 bridgehead atoms. The highest BCUT2D eigenvalue weighted by Crippen LogP contribution is 2.46. The quantitative estimate of drug-likeness (QED) is 0.131. The fourth-order valence-electron chi connectivity index (χ4n) is 8.90. The summed E-state index contributed by atoms with van der Waals surface area (Å²) in [6, 6.07) is 65.6. The summed E-state index contributed by atoms with van der Waals surface area (Å²) in [7, 11) is 13.4. The van der Waals surface area contributed by atoms with E-state index >= 15 is 0 Å². The van der Waals surface area contributed by atoms with E-state index in [1.807, 2.05) is 24.3 Å². The van der Waals surface area contributed by atoms with Crippen LogP contribution in [0.25, 0.3) is 77.2 Å². The van der Waals surface area contributed by atoms with Crippen molar-refractivity contribution < 1.29 is 57.3 Å². The van der Waals surface area contributed by atoms with Crippen molar-refractivity contribution in [1.29, 1.82) is 0 Å². The van der Waals surface area contributed by atoms with E-state index in [9.17, 15) is 0 Å². The van der Waals surface area contributed by atoms with Gasteiger partial charge in [0, 0.05) is 111 Å². The number of aromatic nitrogens is 2. The van der Waals surface area contributed by atoms with Gasteiger partial charge in [0.1, 0.15) is 17.2 Å². The zero-order valence-electron chi connectivity index (χ0n) is 38.2. The smallest absolute Gasteiger partial charge is 0.225 e. The maximum atomic E-state index is 6.07. The average molecular weight is 1000 g/mol. The molecule has 8 aromatic carbocycles. The summed E-state index contributed by atoms with van der Waals surface area (Å²) in [5.74, 6) is 2.52. The predicted octanol–water partition coefficient (Wildman–Crippen LogP) is 6.04. The molecule has 9 heteroatoms. The first-order valence-corrected chi connectivity index (χ1v) is 21.4. The summed E-state index contributed by atoms with van der Waals surface area (Å²) in [5.41, 5.74) is 13.4. The molecule has 0 aliphatic rings. The van der Waals surface area contributed by atoms with Crippen LogP contribution in [0.4, 0.5) is 11.4 Å².